The summed E-state index contributed by atoms with van der Waals surface area (Å²) in [5, 5.41) is 0. The summed E-state index contributed by atoms with van der Waals surface area (Å²) in [6, 6.07) is 0. The number of ether oxygens (including phenoxy) is 2. The minimum absolute atomic E-state index is 0.123. The number of hydrogen-bond donors (Lipinski definition) is 0. The Morgan fingerprint density at radius 2 is 2.14 bits per heavy atom. The first-order valence-corrected chi connectivity index (χ1v) is 5.07. The molecule has 14 heavy (non-hydrogen) atoms. The molecule has 1 aliphatic rings. The molecule has 0 radical (unpaired) electrons. The third-order valence-electron chi connectivity index (χ3n) is 2.49. The smallest absolute Gasteiger partial charge is 0.101 e. The van der Waals surface area contributed by atoms with Crippen molar-refractivity contribution in [3.8, 4) is 0 Å². The molecule has 0 aromatic carbocycles. The highest BCUT2D eigenvalue weighted by Gasteiger charge is 2.32. The number of rotatable bonds is 5. The van der Waals surface area contributed by atoms with Crippen LogP contribution in [0, 0.1) is 0 Å². The van der Waals surface area contributed by atoms with Crippen molar-refractivity contribution < 1.29 is 9.47 Å². The van der Waals surface area contributed by atoms with Gasteiger partial charge in [0, 0.05) is 12.1 Å². The van der Waals surface area contributed by atoms with Gasteiger partial charge in [0.25, 0.3) is 0 Å². The van der Waals surface area contributed by atoms with Crippen LogP contribution in [0.25, 0.3) is 0 Å². The minimum Gasteiger partial charge on any atom is -0.365 e. The molecule has 84 valence electrons. The molecule has 1 heterocycles. The van der Waals surface area contributed by atoms with Gasteiger partial charge >= 0.3 is 0 Å². The molecule has 0 spiro atoms. The van der Waals surface area contributed by atoms with E-state index in [1.165, 1.54) is 0 Å². The van der Waals surface area contributed by atoms with E-state index in [2.05, 4.69) is 23.6 Å². The van der Waals surface area contributed by atoms with E-state index in [0.717, 1.165) is 19.8 Å². The Morgan fingerprint density at radius 1 is 1.43 bits per heavy atom. The van der Waals surface area contributed by atoms with Crippen LogP contribution in [0.4, 0.5) is 0 Å². The molecule has 0 N–H and O–H groups in total. The molecule has 0 saturated carbocycles. The van der Waals surface area contributed by atoms with E-state index in [4.69, 9.17) is 9.47 Å². The number of hydrogen-bond acceptors (Lipinski definition) is 4. The monoisotopic (exact) mass is 202 g/mol. The molecule has 1 rings (SSSR count). The Hall–Kier alpha value is -0.160. The Morgan fingerprint density at radius 3 is 2.64 bits per heavy atom. The van der Waals surface area contributed by atoms with E-state index in [1.807, 2.05) is 14.1 Å². The molecule has 0 unspecified atom stereocenters. The summed E-state index contributed by atoms with van der Waals surface area (Å²) >= 11 is 0. The highest BCUT2D eigenvalue weighted by atomic mass is 16.5. The zero-order valence-corrected chi connectivity index (χ0v) is 9.75. The van der Waals surface area contributed by atoms with E-state index in [1.54, 1.807) is 0 Å². The van der Waals surface area contributed by atoms with Crippen LogP contribution in [0.1, 0.15) is 13.8 Å². The predicted octanol–water partition coefficient (Wildman–Crippen LogP) is 0.590. The molecule has 0 aromatic heterocycles. The zero-order valence-electron chi connectivity index (χ0n) is 9.75. The van der Waals surface area contributed by atoms with Gasteiger partial charge in [0.05, 0.1) is 13.2 Å². The fraction of sp³-hybridized carbons (Fsp3) is 1.00. The Labute approximate surface area is 86.8 Å². The lowest BCUT2D eigenvalue weighted by atomic mass is 10.1. The summed E-state index contributed by atoms with van der Waals surface area (Å²) in [6.07, 6.45) is 0. The average molecular weight is 202 g/mol. The van der Waals surface area contributed by atoms with E-state index < -0.39 is 0 Å². The first-order valence-electron chi connectivity index (χ1n) is 5.07. The van der Waals surface area contributed by atoms with Gasteiger partial charge in [-0.05, 0) is 27.9 Å². The highest BCUT2D eigenvalue weighted by molar-refractivity contribution is 4.82. The van der Waals surface area contributed by atoms with E-state index in [9.17, 15) is 0 Å². The highest BCUT2D eigenvalue weighted by Crippen LogP contribution is 2.20. The topological polar surface area (TPSA) is 24.9 Å². The number of nitrogens with zero attached hydrogens (tertiary/aromatic N) is 2. The normalized spacial score (nSPS) is 22.1. The maximum absolute atomic E-state index is 5.57. The average Bonchev–Trinajstić information content (AvgIpc) is 2.39. The van der Waals surface area contributed by atoms with Crippen molar-refractivity contribution in [3.05, 3.63) is 0 Å². The van der Waals surface area contributed by atoms with Crippen LogP contribution in [-0.2, 0) is 9.47 Å². The lowest BCUT2D eigenvalue weighted by molar-refractivity contribution is -0.0151. The second kappa shape index (κ2) is 5.07. The summed E-state index contributed by atoms with van der Waals surface area (Å²) in [5.74, 6) is 0. The SMILES string of the molecule is CN(C)CCOCN1COCC1(C)C. The van der Waals surface area contributed by atoms with E-state index in [0.29, 0.717) is 13.5 Å². The standard InChI is InChI=1S/C10H22N2O2/c1-10(2)7-14-9-12(10)8-13-6-5-11(3)4/h5-9H2,1-4H3. The molecule has 0 bridgehead atoms. The van der Waals surface area contributed by atoms with E-state index >= 15 is 0 Å². The quantitative estimate of drug-likeness (QED) is 0.609. The third-order valence-corrected chi connectivity index (χ3v) is 2.49. The van der Waals surface area contributed by atoms with Gasteiger partial charge in [0.2, 0.25) is 0 Å². The van der Waals surface area contributed by atoms with Gasteiger partial charge in [-0.15, -0.1) is 0 Å². The van der Waals surface area contributed by atoms with Gasteiger partial charge in [-0.1, -0.05) is 0 Å². The van der Waals surface area contributed by atoms with Crippen molar-refractivity contribution in [3.63, 3.8) is 0 Å². The van der Waals surface area contributed by atoms with Crippen LogP contribution in [0.3, 0.4) is 0 Å². The molecule has 0 amide bonds. The van der Waals surface area contributed by atoms with Gasteiger partial charge in [0.1, 0.15) is 13.5 Å². The lowest BCUT2D eigenvalue weighted by Gasteiger charge is -2.28. The summed E-state index contributed by atoms with van der Waals surface area (Å²) in [4.78, 5) is 4.33. The first-order chi connectivity index (χ1) is 6.52. The first kappa shape index (κ1) is 11.9. The van der Waals surface area contributed by atoms with Gasteiger partial charge in [-0.25, -0.2) is 0 Å². The molecule has 4 heteroatoms. The summed E-state index contributed by atoms with van der Waals surface area (Å²) < 4.78 is 11.0. The molecule has 4 nitrogen and oxygen atoms in total. The fourth-order valence-electron chi connectivity index (χ4n) is 1.31. The summed E-state index contributed by atoms with van der Waals surface area (Å²) in [7, 11) is 4.10. The van der Waals surface area contributed by atoms with Crippen LogP contribution in [0.5, 0.6) is 0 Å². The van der Waals surface area contributed by atoms with Crippen molar-refractivity contribution >= 4 is 0 Å². The Balaban J connectivity index is 2.12. The van der Waals surface area contributed by atoms with Crippen LogP contribution < -0.4 is 0 Å². The fourth-order valence-corrected chi connectivity index (χ4v) is 1.31. The van der Waals surface area contributed by atoms with Crippen molar-refractivity contribution in [2.24, 2.45) is 0 Å². The number of likely N-dealkylation sites (N-methyl/N-ethyl adjacent to an activating group) is 1. The van der Waals surface area contributed by atoms with Crippen molar-refractivity contribution in [2.75, 3.05) is 47.3 Å². The van der Waals surface area contributed by atoms with Gasteiger partial charge in [-0.3, -0.25) is 4.90 Å². The zero-order chi connectivity index (χ0) is 10.6. The van der Waals surface area contributed by atoms with Gasteiger partial charge in [0.15, 0.2) is 0 Å². The summed E-state index contributed by atoms with van der Waals surface area (Å²) in [6.45, 7) is 8.25. The summed E-state index contributed by atoms with van der Waals surface area (Å²) in [5.41, 5.74) is 0.123. The largest absolute Gasteiger partial charge is 0.365 e. The molecular weight excluding hydrogens is 180 g/mol. The van der Waals surface area contributed by atoms with Crippen LogP contribution in [0.15, 0.2) is 0 Å². The van der Waals surface area contributed by atoms with Crippen molar-refractivity contribution in [1.29, 1.82) is 0 Å². The van der Waals surface area contributed by atoms with Gasteiger partial charge < -0.3 is 14.4 Å². The van der Waals surface area contributed by atoms with Crippen molar-refractivity contribution in [2.45, 2.75) is 19.4 Å². The van der Waals surface area contributed by atoms with Crippen LogP contribution >= 0.6 is 0 Å². The van der Waals surface area contributed by atoms with Crippen LogP contribution in [0.2, 0.25) is 0 Å². The maximum atomic E-state index is 5.57. The molecule has 1 saturated heterocycles. The van der Waals surface area contributed by atoms with Crippen LogP contribution in [-0.4, -0.2) is 62.7 Å². The second-order valence-electron chi connectivity index (χ2n) is 4.67. The molecule has 0 atom stereocenters. The maximum Gasteiger partial charge on any atom is 0.101 e. The Kier molecular flexibility index (Phi) is 4.31. The Bertz CT molecular complexity index is 172. The van der Waals surface area contributed by atoms with E-state index in [-0.39, 0.29) is 5.54 Å². The third kappa shape index (κ3) is 3.53. The second-order valence-corrected chi connectivity index (χ2v) is 4.67. The predicted molar refractivity (Wildman–Crippen MR) is 56.1 cm³/mol. The molecule has 1 fully saturated rings. The lowest BCUT2D eigenvalue weighted by Crippen LogP contribution is -2.41. The molecule has 0 aliphatic carbocycles. The van der Waals surface area contributed by atoms with Crippen molar-refractivity contribution in [1.82, 2.24) is 9.80 Å². The molecule has 1 aliphatic heterocycles. The molecular formula is C10H22N2O2. The van der Waals surface area contributed by atoms with Gasteiger partial charge in [-0.2, -0.15) is 0 Å². The minimum atomic E-state index is 0.123. The molecule has 0 aromatic rings.